The second-order valence-electron chi connectivity index (χ2n) is 7.99. The van der Waals surface area contributed by atoms with E-state index in [1.807, 2.05) is 4.68 Å². The average molecular weight is 452 g/mol. The van der Waals surface area contributed by atoms with Crippen LogP contribution < -0.4 is 5.43 Å². The SMILES string of the molecule is C=CC(=O)N1CCC[C@@H](n2nc(-c3cnc(-n4ccc(=O)cc4)nc3)c3cncc(C#N)c32)C1. The summed E-state index contributed by atoms with van der Waals surface area (Å²) in [6.07, 6.45) is 12.7. The van der Waals surface area contributed by atoms with Crippen LogP contribution in [-0.4, -0.2) is 53.2 Å². The smallest absolute Gasteiger partial charge is 0.246 e. The fourth-order valence-corrected chi connectivity index (χ4v) is 4.25. The topological polar surface area (TPSA) is 123 Å². The Morgan fingerprint density at radius 3 is 2.65 bits per heavy atom. The van der Waals surface area contributed by atoms with Gasteiger partial charge in [0.1, 0.15) is 11.8 Å². The molecule has 0 aromatic carbocycles. The van der Waals surface area contributed by atoms with Crippen LogP contribution in [0.15, 0.2) is 66.8 Å². The summed E-state index contributed by atoms with van der Waals surface area (Å²) in [6, 6.07) is 4.99. The van der Waals surface area contributed by atoms with Crippen molar-refractivity contribution in [3.8, 4) is 23.3 Å². The molecular weight excluding hydrogens is 432 g/mol. The number of likely N-dealkylation sites (tertiary alicyclic amines) is 1. The van der Waals surface area contributed by atoms with Gasteiger partial charge in [0.15, 0.2) is 5.43 Å². The zero-order valence-corrected chi connectivity index (χ0v) is 18.2. The molecule has 1 saturated heterocycles. The first-order valence-electron chi connectivity index (χ1n) is 10.8. The number of aromatic nitrogens is 6. The molecule has 4 aromatic rings. The van der Waals surface area contributed by atoms with E-state index in [0.717, 1.165) is 12.8 Å². The zero-order chi connectivity index (χ0) is 23.7. The third kappa shape index (κ3) is 3.73. The standard InChI is InChI=1S/C24H20N8O2/c1-2-21(34)31-7-3-4-18(15-31)32-23-16(10-25)11-26-14-20(23)22(29-32)17-12-27-24(28-13-17)30-8-5-19(33)6-9-30/h2,5-6,8-9,11-14,18H,1,3-4,7,15H2/t18-/m1/s1. The van der Waals surface area contributed by atoms with E-state index in [0.29, 0.717) is 46.8 Å². The number of amides is 1. The van der Waals surface area contributed by atoms with Gasteiger partial charge in [-0.05, 0) is 18.9 Å². The number of piperidine rings is 1. The highest BCUT2D eigenvalue weighted by Gasteiger charge is 2.28. The molecule has 1 atom stereocenters. The molecule has 4 aromatic heterocycles. The lowest BCUT2D eigenvalue weighted by atomic mass is 10.0. The van der Waals surface area contributed by atoms with Gasteiger partial charge in [0.2, 0.25) is 11.9 Å². The lowest BCUT2D eigenvalue weighted by molar-refractivity contribution is -0.127. The van der Waals surface area contributed by atoms with Crippen molar-refractivity contribution in [1.29, 1.82) is 5.26 Å². The number of hydrogen-bond acceptors (Lipinski definition) is 7. The molecule has 10 nitrogen and oxygen atoms in total. The van der Waals surface area contributed by atoms with Crippen LogP contribution in [-0.2, 0) is 4.79 Å². The average Bonchev–Trinajstić information content (AvgIpc) is 3.29. The van der Waals surface area contributed by atoms with Crippen molar-refractivity contribution < 1.29 is 4.79 Å². The van der Waals surface area contributed by atoms with Crippen LogP contribution in [0.5, 0.6) is 0 Å². The lowest BCUT2D eigenvalue weighted by Crippen LogP contribution is -2.40. The van der Waals surface area contributed by atoms with E-state index in [9.17, 15) is 14.9 Å². The summed E-state index contributed by atoms with van der Waals surface area (Å²) in [4.78, 5) is 38.4. The van der Waals surface area contributed by atoms with Gasteiger partial charge in [-0.15, -0.1) is 0 Å². The number of carbonyl (C=O) groups excluding carboxylic acids is 1. The minimum atomic E-state index is -0.116. The van der Waals surface area contributed by atoms with E-state index in [1.165, 1.54) is 24.4 Å². The van der Waals surface area contributed by atoms with Crippen molar-refractivity contribution in [2.45, 2.75) is 18.9 Å². The number of carbonyl (C=O) groups is 1. The highest BCUT2D eigenvalue weighted by Crippen LogP contribution is 2.33. The largest absolute Gasteiger partial charge is 0.337 e. The second kappa shape index (κ2) is 8.71. The van der Waals surface area contributed by atoms with E-state index in [1.54, 1.807) is 40.5 Å². The molecule has 34 heavy (non-hydrogen) atoms. The van der Waals surface area contributed by atoms with Crippen LogP contribution in [0, 0.1) is 11.3 Å². The number of nitrogens with zero attached hydrogens (tertiary/aromatic N) is 8. The molecule has 5 rings (SSSR count). The first-order valence-corrected chi connectivity index (χ1v) is 10.8. The predicted molar refractivity (Wildman–Crippen MR) is 124 cm³/mol. The minimum Gasteiger partial charge on any atom is -0.337 e. The van der Waals surface area contributed by atoms with Crippen LogP contribution in [0.1, 0.15) is 24.4 Å². The number of hydrogen-bond donors (Lipinski definition) is 0. The van der Waals surface area contributed by atoms with Crippen molar-refractivity contribution in [2.24, 2.45) is 0 Å². The Morgan fingerprint density at radius 2 is 1.94 bits per heavy atom. The molecule has 168 valence electrons. The molecule has 0 aliphatic carbocycles. The van der Waals surface area contributed by atoms with Crippen molar-refractivity contribution in [3.63, 3.8) is 0 Å². The van der Waals surface area contributed by atoms with Crippen molar-refractivity contribution in [2.75, 3.05) is 13.1 Å². The summed E-state index contributed by atoms with van der Waals surface area (Å²) < 4.78 is 3.48. The quantitative estimate of drug-likeness (QED) is 0.435. The molecule has 10 heteroatoms. The van der Waals surface area contributed by atoms with Crippen LogP contribution >= 0.6 is 0 Å². The van der Waals surface area contributed by atoms with Gasteiger partial charge in [0, 0.05) is 73.4 Å². The number of rotatable bonds is 4. The lowest BCUT2D eigenvalue weighted by Gasteiger charge is -2.32. The summed E-state index contributed by atoms with van der Waals surface area (Å²) in [5.41, 5.74) is 2.27. The van der Waals surface area contributed by atoms with Crippen LogP contribution in [0.2, 0.25) is 0 Å². The molecule has 0 unspecified atom stereocenters. The van der Waals surface area contributed by atoms with E-state index in [-0.39, 0.29) is 17.4 Å². The Balaban J connectivity index is 1.58. The van der Waals surface area contributed by atoms with Crippen LogP contribution in [0.25, 0.3) is 28.1 Å². The van der Waals surface area contributed by atoms with Gasteiger partial charge in [0.05, 0.1) is 17.1 Å². The molecule has 0 N–H and O–H groups in total. The van der Waals surface area contributed by atoms with E-state index < -0.39 is 0 Å². The highest BCUT2D eigenvalue weighted by molar-refractivity contribution is 5.95. The van der Waals surface area contributed by atoms with Gasteiger partial charge in [-0.25, -0.2) is 9.97 Å². The maximum absolute atomic E-state index is 12.2. The zero-order valence-electron chi connectivity index (χ0n) is 18.2. The maximum atomic E-state index is 12.2. The van der Waals surface area contributed by atoms with E-state index in [2.05, 4.69) is 27.6 Å². The number of fused-ring (bicyclic) bond motifs is 1. The Kier molecular flexibility index (Phi) is 5.43. The maximum Gasteiger partial charge on any atom is 0.246 e. The van der Waals surface area contributed by atoms with E-state index >= 15 is 0 Å². The molecule has 0 spiro atoms. The Bertz CT molecular complexity index is 1480. The third-order valence-electron chi connectivity index (χ3n) is 5.90. The van der Waals surface area contributed by atoms with Gasteiger partial charge >= 0.3 is 0 Å². The van der Waals surface area contributed by atoms with Gasteiger partial charge in [-0.3, -0.25) is 23.8 Å². The Morgan fingerprint density at radius 1 is 1.18 bits per heavy atom. The number of pyridine rings is 2. The molecular formula is C24H20N8O2. The number of nitriles is 1. The molecule has 1 amide bonds. The monoisotopic (exact) mass is 452 g/mol. The molecule has 1 aliphatic heterocycles. The second-order valence-corrected chi connectivity index (χ2v) is 7.99. The fourth-order valence-electron chi connectivity index (χ4n) is 4.25. The fraction of sp³-hybridized carbons (Fsp3) is 0.208. The molecule has 0 saturated carbocycles. The van der Waals surface area contributed by atoms with Gasteiger partial charge in [-0.2, -0.15) is 10.4 Å². The van der Waals surface area contributed by atoms with Crippen molar-refractivity contribution in [3.05, 3.63) is 77.8 Å². The highest BCUT2D eigenvalue weighted by atomic mass is 16.2. The Labute approximate surface area is 194 Å². The molecule has 1 aliphatic rings. The summed E-state index contributed by atoms with van der Waals surface area (Å²) in [6.45, 7) is 4.74. The molecule has 0 radical (unpaired) electrons. The predicted octanol–water partition coefficient (Wildman–Crippen LogP) is 2.26. The van der Waals surface area contributed by atoms with Crippen LogP contribution in [0.4, 0.5) is 0 Å². The first kappa shape index (κ1) is 21.2. The minimum absolute atomic E-state index is 0.0928. The molecule has 0 bridgehead atoms. The Hall–Kier alpha value is -4.65. The summed E-state index contributed by atoms with van der Waals surface area (Å²) in [5, 5.41) is 15.3. The first-order chi connectivity index (χ1) is 16.6. The summed E-state index contributed by atoms with van der Waals surface area (Å²) in [7, 11) is 0. The normalized spacial score (nSPS) is 15.7. The van der Waals surface area contributed by atoms with Gasteiger partial charge in [0.25, 0.3) is 0 Å². The van der Waals surface area contributed by atoms with Crippen molar-refractivity contribution >= 4 is 16.8 Å². The van der Waals surface area contributed by atoms with Crippen LogP contribution in [0.3, 0.4) is 0 Å². The summed E-state index contributed by atoms with van der Waals surface area (Å²) in [5.74, 6) is 0.296. The van der Waals surface area contributed by atoms with Gasteiger partial charge < -0.3 is 4.90 Å². The molecule has 5 heterocycles. The van der Waals surface area contributed by atoms with E-state index in [4.69, 9.17) is 5.10 Å². The van der Waals surface area contributed by atoms with Gasteiger partial charge in [-0.1, -0.05) is 6.58 Å². The summed E-state index contributed by atoms with van der Waals surface area (Å²) >= 11 is 0. The molecule has 1 fully saturated rings. The van der Waals surface area contributed by atoms with Crippen molar-refractivity contribution in [1.82, 2.24) is 34.2 Å². The third-order valence-corrected chi connectivity index (χ3v) is 5.90.